The van der Waals surface area contributed by atoms with E-state index in [4.69, 9.17) is 4.42 Å². The van der Waals surface area contributed by atoms with Crippen LogP contribution in [-0.4, -0.2) is 59.1 Å². The average Bonchev–Trinajstić information content (AvgIpc) is 3.45. The third-order valence-corrected chi connectivity index (χ3v) is 6.13. The number of aromatic nitrogens is 1. The van der Waals surface area contributed by atoms with Gasteiger partial charge in [-0.1, -0.05) is 18.2 Å². The Balaban J connectivity index is 2.08. The lowest BCUT2D eigenvalue weighted by molar-refractivity contribution is 0.0791. The molecule has 1 N–H and O–H groups in total. The Morgan fingerprint density at radius 3 is 2.62 bits per heavy atom. The van der Waals surface area contributed by atoms with Gasteiger partial charge in [0.05, 0.1) is 11.6 Å². The molecule has 1 unspecified atom stereocenters. The number of hydrogen-bond acceptors (Lipinski definition) is 5. The molecule has 0 spiro atoms. The van der Waals surface area contributed by atoms with E-state index in [-0.39, 0.29) is 28.6 Å². The van der Waals surface area contributed by atoms with E-state index in [1.165, 1.54) is 29.0 Å². The second kappa shape index (κ2) is 8.63. The Kier molecular flexibility index (Phi) is 5.83. The number of carboxylic acid groups (broad SMARTS) is 1. The highest BCUT2D eigenvalue weighted by molar-refractivity contribution is 6.03. The van der Waals surface area contributed by atoms with Gasteiger partial charge in [0.2, 0.25) is 0 Å². The van der Waals surface area contributed by atoms with Crippen LogP contribution < -0.4 is 0 Å². The van der Waals surface area contributed by atoms with Crippen LogP contribution in [0.1, 0.15) is 40.2 Å². The van der Waals surface area contributed by atoms with E-state index in [2.05, 4.69) is 11.1 Å². The number of hydrogen-bond donors (Lipinski definition) is 1. The monoisotopic (exact) mass is 462 g/mol. The summed E-state index contributed by atoms with van der Waals surface area (Å²) in [5, 5.41) is 19.4. The molecule has 0 saturated heterocycles. The Hall–Kier alpha value is -4.19. The number of allylic oxidation sites excluding steroid dienone is 1. The molecule has 0 aliphatic heterocycles. The molecule has 1 aromatic heterocycles. The number of benzene rings is 2. The highest BCUT2D eigenvalue weighted by atomic mass is 19.1. The van der Waals surface area contributed by atoms with E-state index < -0.39 is 17.8 Å². The molecule has 1 heterocycles. The van der Waals surface area contributed by atoms with Crippen molar-refractivity contribution in [1.29, 1.82) is 5.26 Å². The van der Waals surface area contributed by atoms with E-state index in [9.17, 15) is 24.3 Å². The first-order chi connectivity index (χ1) is 16.1. The molecule has 4 rings (SSSR count). The van der Waals surface area contributed by atoms with Gasteiger partial charge in [0.15, 0.2) is 5.58 Å². The molecule has 0 bridgehead atoms. The van der Waals surface area contributed by atoms with Gasteiger partial charge in [-0.15, -0.1) is 0 Å². The first-order valence-corrected chi connectivity index (χ1v) is 10.7. The maximum Gasteiger partial charge on any atom is 0.407 e. The normalized spacial score (nSPS) is 15.2. The number of nitriles is 1. The maximum absolute atomic E-state index is 14.2. The van der Waals surface area contributed by atoms with Crippen LogP contribution in [0.25, 0.3) is 27.8 Å². The molecule has 1 atom stereocenters. The Labute approximate surface area is 195 Å². The van der Waals surface area contributed by atoms with E-state index in [1.807, 2.05) is 6.08 Å². The summed E-state index contributed by atoms with van der Waals surface area (Å²) in [6.45, 7) is 1.75. The second-order valence-electron chi connectivity index (χ2n) is 8.46. The van der Waals surface area contributed by atoms with Crippen LogP contribution in [0.2, 0.25) is 0 Å². The van der Waals surface area contributed by atoms with Crippen LogP contribution in [0.5, 0.6) is 0 Å². The fraction of sp³-hybridized carbons (Fsp3) is 0.280. The lowest BCUT2D eigenvalue weighted by Crippen LogP contribution is -2.33. The molecule has 8 nitrogen and oxygen atoms in total. The summed E-state index contributed by atoms with van der Waals surface area (Å²) in [4.78, 5) is 31.0. The van der Waals surface area contributed by atoms with Crippen molar-refractivity contribution in [3.05, 3.63) is 58.7 Å². The predicted octanol–water partition coefficient (Wildman–Crippen LogP) is 4.67. The van der Waals surface area contributed by atoms with Gasteiger partial charge in [-0.05, 0) is 54.2 Å². The van der Waals surface area contributed by atoms with Crippen LogP contribution >= 0.6 is 0 Å². The zero-order valence-electron chi connectivity index (χ0n) is 19.2. The third-order valence-electron chi connectivity index (χ3n) is 6.13. The van der Waals surface area contributed by atoms with E-state index in [0.29, 0.717) is 35.1 Å². The molecule has 0 saturated carbocycles. The third kappa shape index (κ3) is 3.77. The summed E-state index contributed by atoms with van der Waals surface area (Å²) in [5.74, 6) is -1.06. The van der Waals surface area contributed by atoms with Crippen molar-refractivity contribution in [3.63, 3.8) is 0 Å². The smallest absolute Gasteiger partial charge is 0.407 e. The zero-order valence-corrected chi connectivity index (χ0v) is 19.2. The molecule has 34 heavy (non-hydrogen) atoms. The molecule has 0 fully saturated rings. The highest BCUT2D eigenvalue weighted by Crippen LogP contribution is 2.44. The van der Waals surface area contributed by atoms with Crippen LogP contribution in [0, 0.1) is 24.1 Å². The first-order valence-electron chi connectivity index (χ1n) is 10.7. The fourth-order valence-electron chi connectivity index (χ4n) is 4.35. The van der Waals surface area contributed by atoms with E-state index >= 15 is 0 Å². The molecular formula is C25H23FN4O4. The topological polar surface area (TPSA) is 111 Å². The molecule has 9 heteroatoms. The number of oxazole rings is 1. The Bertz CT molecular complexity index is 1400. The number of likely N-dealkylation sites (N-methyl/N-ethyl adjacent to an activating group) is 1. The molecule has 2 amide bonds. The fourth-order valence-corrected chi connectivity index (χ4v) is 4.35. The van der Waals surface area contributed by atoms with Gasteiger partial charge >= 0.3 is 12.0 Å². The quantitative estimate of drug-likeness (QED) is 0.603. The van der Waals surface area contributed by atoms with Crippen LogP contribution in [0.4, 0.5) is 9.18 Å². The van der Waals surface area contributed by atoms with Gasteiger partial charge in [0.1, 0.15) is 17.4 Å². The van der Waals surface area contributed by atoms with Gasteiger partial charge in [-0.25, -0.2) is 14.2 Å². The zero-order chi connectivity index (χ0) is 24.7. The Morgan fingerprint density at radius 1 is 1.26 bits per heavy atom. The van der Waals surface area contributed by atoms with Crippen molar-refractivity contribution < 1.29 is 23.5 Å². The largest absolute Gasteiger partial charge is 0.465 e. The van der Waals surface area contributed by atoms with Crippen molar-refractivity contribution in [3.8, 4) is 17.2 Å². The molecule has 3 aromatic rings. The Morgan fingerprint density at radius 2 is 2.00 bits per heavy atom. The number of nitrogens with zero attached hydrogens (tertiary/aromatic N) is 4. The van der Waals surface area contributed by atoms with Crippen molar-refractivity contribution in [2.24, 2.45) is 0 Å². The van der Waals surface area contributed by atoms with Crippen LogP contribution in [-0.2, 0) is 0 Å². The summed E-state index contributed by atoms with van der Waals surface area (Å²) in [5.41, 5.74) is 3.81. The minimum absolute atomic E-state index is 0.161. The standard InChI is InChI=1S/C25H23FN4O4/c1-13-18(12-27)21-22(34-23(28-21)24(31)29(2)3)20(19(13)14-6-5-7-16(26)10-14)15-8-9-17(11-15)30(4)25(32)33/h5-7,10-11,17H,8-9H2,1-4H3,(H,32,33). The first kappa shape index (κ1) is 23.0. The number of fused-ring (bicyclic) bond motifs is 1. The molecule has 2 aromatic carbocycles. The van der Waals surface area contributed by atoms with E-state index in [0.717, 1.165) is 5.57 Å². The summed E-state index contributed by atoms with van der Waals surface area (Å²) in [6.07, 6.45) is 1.88. The number of rotatable bonds is 4. The van der Waals surface area contributed by atoms with Gasteiger partial charge < -0.3 is 19.3 Å². The molecule has 174 valence electrons. The van der Waals surface area contributed by atoms with Gasteiger partial charge in [0, 0.05) is 26.7 Å². The van der Waals surface area contributed by atoms with Crippen molar-refractivity contribution in [1.82, 2.24) is 14.8 Å². The minimum atomic E-state index is -1.05. The molecule has 1 aliphatic rings. The summed E-state index contributed by atoms with van der Waals surface area (Å²) in [6, 6.07) is 7.82. The maximum atomic E-state index is 14.2. The van der Waals surface area contributed by atoms with Gasteiger partial charge in [-0.3, -0.25) is 4.79 Å². The van der Waals surface area contributed by atoms with Crippen molar-refractivity contribution in [2.45, 2.75) is 25.8 Å². The van der Waals surface area contributed by atoms with Crippen molar-refractivity contribution >= 4 is 28.7 Å². The van der Waals surface area contributed by atoms with Crippen molar-refractivity contribution in [2.75, 3.05) is 21.1 Å². The van der Waals surface area contributed by atoms with E-state index in [1.54, 1.807) is 33.2 Å². The number of amides is 2. The average molecular weight is 462 g/mol. The second-order valence-corrected chi connectivity index (χ2v) is 8.46. The van der Waals surface area contributed by atoms with Gasteiger partial charge in [-0.2, -0.15) is 5.26 Å². The molecule has 1 aliphatic carbocycles. The van der Waals surface area contributed by atoms with Crippen LogP contribution in [0.3, 0.4) is 0 Å². The lowest BCUT2D eigenvalue weighted by Gasteiger charge is -2.19. The number of halogens is 1. The predicted molar refractivity (Wildman–Crippen MR) is 124 cm³/mol. The summed E-state index contributed by atoms with van der Waals surface area (Å²) < 4.78 is 20.2. The minimum Gasteiger partial charge on any atom is -0.465 e. The summed E-state index contributed by atoms with van der Waals surface area (Å²) >= 11 is 0. The molecule has 0 radical (unpaired) electrons. The molecular weight excluding hydrogens is 439 g/mol. The number of carbonyl (C=O) groups excluding carboxylic acids is 1. The van der Waals surface area contributed by atoms with Gasteiger partial charge in [0.25, 0.3) is 5.89 Å². The summed E-state index contributed by atoms with van der Waals surface area (Å²) in [7, 11) is 4.64. The van der Waals surface area contributed by atoms with Crippen LogP contribution in [0.15, 0.2) is 34.8 Å². The number of carbonyl (C=O) groups is 2. The highest BCUT2D eigenvalue weighted by Gasteiger charge is 2.31. The SMILES string of the molecule is Cc1c(-c2cccc(F)c2)c(C2=CC(N(C)C(=O)O)CC2)c2oc(C(=O)N(C)C)nc2c1C#N. The lowest BCUT2D eigenvalue weighted by atomic mass is 9.87.